The molecule has 1 fully saturated rings. The number of hydrogen-bond acceptors (Lipinski definition) is 7. The number of nitrogens with one attached hydrogen (secondary N) is 1. The minimum atomic E-state index is -5.00. The van der Waals surface area contributed by atoms with E-state index in [1.165, 1.54) is 0 Å². The number of rotatable bonds is 4. The average molecular weight is 302 g/mol. The van der Waals surface area contributed by atoms with Gasteiger partial charge in [0.05, 0.1) is 6.61 Å². The molecule has 0 spiro atoms. The van der Waals surface area contributed by atoms with Gasteiger partial charge in [0, 0.05) is 8.27 Å². The van der Waals surface area contributed by atoms with Gasteiger partial charge in [0.25, 0.3) is 0 Å². The Bertz CT molecular complexity index is 390. The Hall–Kier alpha value is -0.580. The highest BCUT2D eigenvalue weighted by Gasteiger charge is 2.47. The molecular formula is C8H16NO9P. The summed E-state index contributed by atoms with van der Waals surface area (Å²) in [5.41, 5.74) is 0. The summed E-state index contributed by atoms with van der Waals surface area (Å²) in [5, 5.41) is 30.4. The topological polar surface area (TPSA) is 166 Å². The van der Waals surface area contributed by atoms with Gasteiger partial charge in [-0.3, -0.25) is 9.32 Å². The lowest BCUT2D eigenvalue weighted by Gasteiger charge is -2.41. The van der Waals surface area contributed by atoms with E-state index in [-0.39, 0.29) is 0 Å². The summed E-state index contributed by atoms with van der Waals surface area (Å²) in [4.78, 5) is 28.6. The van der Waals surface area contributed by atoms with Crippen molar-refractivity contribution >= 4 is 13.7 Å². The second kappa shape index (κ2) is 6.25. The third kappa shape index (κ3) is 4.48. The zero-order valence-electron chi connectivity index (χ0n) is 10.6. The summed E-state index contributed by atoms with van der Waals surface area (Å²) in [5.74, 6) is -0.869. The number of carbonyl (C=O) groups is 1. The molecule has 0 saturated carbocycles. The van der Waals surface area contributed by atoms with Crippen molar-refractivity contribution in [1.82, 2.24) is 5.32 Å². The standard InChI is InChI=1S/C8H16NO9P/c1-3(11)9-5-7(13)6(12)4(2-10)17-8(5)18-19(14,15)16/h4-8,10,12-13H,2H2,1H3,(H,9,11)(H2,14,15,16)/t4-,5-,6-,7-,8?/m1/s1/i1D. The Morgan fingerprint density at radius 3 is 2.58 bits per heavy atom. The Morgan fingerprint density at radius 1 is 1.47 bits per heavy atom. The minimum Gasteiger partial charge on any atom is -0.394 e. The van der Waals surface area contributed by atoms with Crippen molar-refractivity contribution in [3.63, 3.8) is 0 Å². The van der Waals surface area contributed by atoms with Gasteiger partial charge in [0.2, 0.25) is 5.91 Å². The third-order valence-corrected chi connectivity index (χ3v) is 2.93. The molecule has 1 heterocycles. The first kappa shape index (κ1) is 14.8. The van der Waals surface area contributed by atoms with Crippen molar-refractivity contribution in [2.24, 2.45) is 0 Å². The predicted molar refractivity (Wildman–Crippen MR) is 58.5 cm³/mol. The van der Waals surface area contributed by atoms with E-state index in [1.54, 1.807) is 0 Å². The maximum atomic E-state index is 11.1. The van der Waals surface area contributed by atoms with Gasteiger partial charge in [-0.05, 0) is 0 Å². The number of phosphoric ester groups is 1. The van der Waals surface area contributed by atoms with Gasteiger partial charge in [0.1, 0.15) is 24.4 Å². The summed E-state index contributed by atoms with van der Waals surface area (Å²) in [6.07, 6.45) is -6.44. The van der Waals surface area contributed by atoms with Crippen LogP contribution in [-0.2, 0) is 18.6 Å². The molecule has 19 heavy (non-hydrogen) atoms. The number of phosphoric acid groups is 1. The van der Waals surface area contributed by atoms with Crippen LogP contribution in [0.25, 0.3) is 0 Å². The fourth-order valence-electron chi connectivity index (χ4n) is 1.65. The van der Waals surface area contributed by atoms with Crippen molar-refractivity contribution in [3.05, 3.63) is 0 Å². The molecule has 11 heteroatoms. The highest BCUT2D eigenvalue weighted by molar-refractivity contribution is 7.46. The van der Waals surface area contributed by atoms with Crippen LogP contribution in [0.2, 0.25) is 0 Å². The monoisotopic (exact) mass is 302 g/mol. The van der Waals surface area contributed by atoms with Crippen molar-refractivity contribution < 1.29 is 45.1 Å². The Labute approximate surface area is 109 Å². The summed E-state index contributed by atoms with van der Waals surface area (Å²) >= 11 is 0. The van der Waals surface area contributed by atoms with Gasteiger partial charge in [-0.2, -0.15) is 0 Å². The molecule has 1 aliphatic rings. The van der Waals surface area contributed by atoms with Crippen LogP contribution in [0.4, 0.5) is 0 Å². The van der Waals surface area contributed by atoms with E-state index < -0.39 is 57.9 Å². The van der Waals surface area contributed by atoms with Crippen LogP contribution >= 0.6 is 7.82 Å². The summed E-state index contributed by atoms with van der Waals surface area (Å²) in [6, 6.07) is -1.50. The molecule has 1 saturated heterocycles. The Morgan fingerprint density at radius 2 is 2.11 bits per heavy atom. The number of aliphatic hydroxyl groups excluding tert-OH is 3. The van der Waals surface area contributed by atoms with Crippen LogP contribution in [-0.4, -0.2) is 68.3 Å². The van der Waals surface area contributed by atoms with E-state index >= 15 is 0 Å². The minimum absolute atomic E-state index is 0.703. The van der Waals surface area contributed by atoms with Crippen LogP contribution in [0.1, 0.15) is 8.27 Å². The quantitative estimate of drug-likeness (QED) is 0.297. The number of carbonyl (C=O) groups excluding carboxylic acids is 1. The molecule has 0 bridgehead atoms. The molecule has 5 atom stereocenters. The summed E-state index contributed by atoms with van der Waals surface area (Å²) < 4.78 is 26.8. The van der Waals surface area contributed by atoms with Crippen LogP contribution in [0.3, 0.4) is 0 Å². The Kier molecular flexibility index (Phi) is 4.87. The van der Waals surface area contributed by atoms with Gasteiger partial charge in [0.15, 0.2) is 6.29 Å². The van der Waals surface area contributed by atoms with E-state index in [1.807, 2.05) is 0 Å². The zero-order valence-corrected chi connectivity index (χ0v) is 10.5. The molecule has 112 valence electrons. The zero-order chi connectivity index (χ0) is 15.5. The van der Waals surface area contributed by atoms with Crippen molar-refractivity contribution in [2.75, 3.05) is 6.61 Å². The predicted octanol–water partition coefficient (Wildman–Crippen LogP) is -2.96. The lowest BCUT2D eigenvalue weighted by Crippen LogP contribution is -2.64. The Balaban J connectivity index is 2.93. The molecule has 0 radical (unpaired) electrons. The molecule has 10 nitrogen and oxygen atoms in total. The molecular weight excluding hydrogens is 285 g/mol. The van der Waals surface area contributed by atoms with E-state index in [4.69, 9.17) is 21.0 Å². The first-order chi connectivity index (χ1) is 9.19. The molecule has 6 N–H and O–H groups in total. The fourth-order valence-corrected chi connectivity index (χ4v) is 2.10. The second-order valence-corrected chi connectivity index (χ2v) is 5.09. The molecule has 0 aromatic heterocycles. The molecule has 1 aliphatic heterocycles. The number of hydrogen-bond donors (Lipinski definition) is 6. The third-order valence-electron chi connectivity index (χ3n) is 2.45. The van der Waals surface area contributed by atoms with Crippen molar-refractivity contribution in [2.45, 2.75) is 37.5 Å². The smallest absolute Gasteiger partial charge is 0.394 e. The van der Waals surface area contributed by atoms with Crippen molar-refractivity contribution in [3.8, 4) is 0 Å². The molecule has 0 aliphatic carbocycles. The highest BCUT2D eigenvalue weighted by Crippen LogP contribution is 2.40. The summed E-state index contributed by atoms with van der Waals surface area (Å²) in [7, 11) is -5.00. The van der Waals surface area contributed by atoms with Crippen molar-refractivity contribution in [1.29, 1.82) is 0 Å². The SMILES string of the molecule is [2H]CC(=O)N[C@H]1C(OP(=O)(O)O)O[C@H](CO)[C@@H](O)[C@@H]1O. The normalized spacial score (nSPS) is 36.7. The first-order valence-electron chi connectivity index (χ1n) is 5.85. The van der Waals surface area contributed by atoms with Gasteiger partial charge >= 0.3 is 7.82 Å². The van der Waals surface area contributed by atoms with E-state index in [0.29, 0.717) is 0 Å². The largest absolute Gasteiger partial charge is 0.472 e. The van der Waals surface area contributed by atoms with Gasteiger partial charge in [-0.1, -0.05) is 0 Å². The molecule has 1 rings (SSSR count). The lowest BCUT2D eigenvalue weighted by molar-refractivity contribution is -0.248. The van der Waals surface area contributed by atoms with Crippen LogP contribution in [0, 0.1) is 0 Å². The molecule has 1 unspecified atom stereocenters. The fraction of sp³-hybridized carbons (Fsp3) is 0.875. The molecule has 0 aromatic rings. The highest BCUT2D eigenvalue weighted by atomic mass is 31.2. The van der Waals surface area contributed by atoms with Crippen LogP contribution in [0.5, 0.6) is 0 Å². The van der Waals surface area contributed by atoms with E-state index in [2.05, 4.69) is 9.84 Å². The molecule has 1 amide bonds. The van der Waals surface area contributed by atoms with Gasteiger partial charge in [-0.25, -0.2) is 4.57 Å². The number of amides is 1. The van der Waals surface area contributed by atoms with E-state index in [9.17, 15) is 19.6 Å². The van der Waals surface area contributed by atoms with Gasteiger partial charge < -0.3 is 35.2 Å². The van der Waals surface area contributed by atoms with E-state index in [0.717, 1.165) is 0 Å². The van der Waals surface area contributed by atoms with Gasteiger partial charge in [-0.15, -0.1) is 0 Å². The molecule has 0 aromatic carbocycles. The maximum Gasteiger partial charge on any atom is 0.472 e. The second-order valence-electron chi connectivity index (χ2n) is 3.90. The number of aliphatic hydroxyl groups is 3. The maximum absolute atomic E-state index is 11.1. The van der Waals surface area contributed by atoms with Crippen LogP contribution < -0.4 is 5.32 Å². The van der Waals surface area contributed by atoms with Crippen LogP contribution in [0.15, 0.2) is 0 Å². The lowest BCUT2D eigenvalue weighted by atomic mass is 9.97. The first-order valence-corrected chi connectivity index (χ1v) is 6.67. The summed E-state index contributed by atoms with van der Waals surface area (Å²) in [6.45, 7) is -1.44. The average Bonchev–Trinajstić information content (AvgIpc) is 2.36. The number of ether oxygens (including phenoxy) is 1.